The average Bonchev–Trinajstić information content (AvgIpc) is 2.87. The van der Waals surface area contributed by atoms with Gasteiger partial charge in [0.2, 0.25) is 0 Å². The van der Waals surface area contributed by atoms with Gasteiger partial charge in [0, 0.05) is 30.7 Å². The van der Waals surface area contributed by atoms with E-state index in [1.54, 1.807) is 0 Å². The fourth-order valence-corrected chi connectivity index (χ4v) is 4.63. The Kier molecular flexibility index (Phi) is 6.04. The van der Waals surface area contributed by atoms with Crippen molar-refractivity contribution in [2.24, 2.45) is 0 Å². The van der Waals surface area contributed by atoms with E-state index in [9.17, 15) is 0 Å². The van der Waals surface area contributed by atoms with Crippen LogP contribution >= 0.6 is 11.8 Å². The van der Waals surface area contributed by atoms with Crippen LogP contribution in [0.1, 0.15) is 59.3 Å². The van der Waals surface area contributed by atoms with Gasteiger partial charge in [-0.05, 0) is 44.1 Å². The topological polar surface area (TPSA) is 15.3 Å². The summed E-state index contributed by atoms with van der Waals surface area (Å²) in [7, 11) is 0. The molecule has 2 aliphatic rings. The first-order valence-electron chi connectivity index (χ1n) is 8.29. The second kappa shape index (κ2) is 7.33. The number of piperazine rings is 1. The summed E-state index contributed by atoms with van der Waals surface area (Å²) in [4.78, 5) is 2.83. The summed E-state index contributed by atoms with van der Waals surface area (Å²) in [6.45, 7) is 9.57. The van der Waals surface area contributed by atoms with Crippen molar-refractivity contribution < 1.29 is 0 Å². The van der Waals surface area contributed by atoms with Crippen LogP contribution in [0.2, 0.25) is 0 Å². The highest BCUT2D eigenvalue weighted by Crippen LogP contribution is 2.34. The zero-order chi connectivity index (χ0) is 13.7. The van der Waals surface area contributed by atoms with Gasteiger partial charge in [-0.2, -0.15) is 11.8 Å². The molecule has 0 bridgehead atoms. The molecule has 0 amide bonds. The molecule has 19 heavy (non-hydrogen) atoms. The SMILES string of the molecule is CCSCCC(C)N1CC2(CCCC2)NCC1CC. The molecule has 112 valence electrons. The first kappa shape index (κ1) is 15.7. The summed E-state index contributed by atoms with van der Waals surface area (Å²) in [5.41, 5.74) is 0.470. The summed E-state index contributed by atoms with van der Waals surface area (Å²) in [5.74, 6) is 2.58. The van der Waals surface area contributed by atoms with Crippen LogP contribution in [0.5, 0.6) is 0 Å². The molecule has 1 saturated carbocycles. The second-order valence-electron chi connectivity index (χ2n) is 6.44. The number of thioether (sulfide) groups is 1. The first-order chi connectivity index (χ1) is 9.21. The van der Waals surface area contributed by atoms with Crippen LogP contribution < -0.4 is 5.32 Å². The predicted octanol–water partition coefficient (Wildman–Crippen LogP) is 3.51. The van der Waals surface area contributed by atoms with Gasteiger partial charge in [-0.1, -0.05) is 26.7 Å². The molecule has 2 unspecified atom stereocenters. The molecule has 3 heteroatoms. The Morgan fingerprint density at radius 3 is 2.68 bits per heavy atom. The van der Waals surface area contributed by atoms with Crippen LogP contribution in [-0.4, -0.2) is 47.1 Å². The lowest BCUT2D eigenvalue weighted by Crippen LogP contribution is -2.64. The van der Waals surface area contributed by atoms with Crippen molar-refractivity contribution in [3.8, 4) is 0 Å². The van der Waals surface area contributed by atoms with Gasteiger partial charge in [-0.3, -0.25) is 4.90 Å². The molecule has 0 radical (unpaired) electrons. The van der Waals surface area contributed by atoms with Crippen molar-refractivity contribution in [2.75, 3.05) is 24.6 Å². The molecule has 1 spiro atoms. The third-order valence-corrected chi connectivity index (χ3v) is 6.08. The van der Waals surface area contributed by atoms with Crippen molar-refractivity contribution in [1.82, 2.24) is 10.2 Å². The van der Waals surface area contributed by atoms with Gasteiger partial charge in [0.05, 0.1) is 0 Å². The fourth-order valence-electron chi connectivity index (χ4n) is 3.83. The van der Waals surface area contributed by atoms with Gasteiger partial charge in [0.15, 0.2) is 0 Å². The lowest BCUT2D eigenvalue weighted by atomic mass is 9.90. The van der Waals surface area contributed by atoms with Crippen LogP contribution in [0.4, 0.5) is 0 Å². The summed E-state index contributed by atoms with van der Waals surface area (Å²) in [6, 6.07) is 1.51. The molecule has 2 fully saturated rings. The molecule has 0 aromatic rings. The Balaban J connectivity index is 1.93. The minimum Gasteiger partial charge on any atom is -0.308 e. The number of rotatable bonds is 6. The lowest BCUT2D eigenvalue weighted by molar-refractivity contribution is 0.0458. The summed E-state index contributed by atoms with van der Waals surface area (Å²) in [6.07, 6.45) is 8.29. The van der Waals surface area contributed by atoms with Gasteiger partial charge in [-0.25, -0.2) is 0 Å². The molecule has 2 atom stereocenters. The fraction of sp³-hybridized carbons (Fsp3) is 1.00. The standard InChI is InChI=1S/C16H32N2S/c1-4-15-12-17-16(9-6-7-10-16)13-18(15)14(3)8-11-19-5-2/h14-15,17H,4-13H2,1-3H3. The van der Waals surface area contributed by atoms with Crippen LogP contribution in [-0.2, 0) is 0 Å². The van der Waals surface area contributed by atoms with Gasteiger partial charge in [0.25, 0.3) is 0 Å². The van der Waals surface area contributed by atoms with E-state index in [1.165, 1.54) is 63.1 Å². The maximum absolute atomic E-state index is 3.90. The van der Waals surface area contributed by atoms with Gasteiger partial charge >= 0.3 is 0 Å². The molecule has 0 aromatic heterocycles. The van der Waals surface area contributed by atoms with Crippen LogP contribution in [0, 0.1) is 0 Å². The third-order valence-electron chi connectivity index (χ3n) is 5.15. The molecule has 1 N–H and O–H groups in total. The number of hydrogen-bond donors (Lipinski definition) is 1. The van der Waals surface area contributed by atoms with E-state index in [0.29, 0.717) is 5.54 Å². The van der Waals surface area contributed by atoms with Gasteiger partial charge < -0.3 is 5.32 Å². The Morgan fingerprint density at radius 2 is 2.05 bits per heavy atom. The molecular formula is C16H32N2S. The second-order valence-corrected chi connectivity index (χ2v) is 7.83. The smallest absolute Gasteiger partial charge is 0.0309 e. The van der Waals surface area contributed by atoms with E-state index in [2.05, 4.69) is 42.7 Å². The van der Waals surface area contributed by atoms with Crippen LogP contribution in [0.3, 0.4) is 0 Å². The molecule has 1 aliphatic carbocycles. The normalized spacial score (nSPS) is 28.9. The Bertz CT molecular complexity index is 263. The van der Waals surface area contributed by atoms with Crippen molar-refractivity contribution in [3.63, 3.8) is 0 Å². The van der Waals surface area contributed by atoms with Crippen LogP contribution in [0.15, 0.2) is 0 Å². The highest BCUT2D eigenvalue weighted by atomic mass is 32.2. The predicted molar refractivity (Wildman–Crippen MR) is 87.1 cm³/mol. The molecule has 1 saturated heterocycles. The Hall–Kier alpha value is 0.270. The molecule has 0 aromatic carbocycles. The number of nitrogens with zero attached hydrogens (tertiary/aromatic N) is 1. The quantitative estimate of drug-likeness (QED) is 0.751. The van der Waals surface area contributed by atoms with E-state index in [0.717, 1.165) is 12.1 Å². The minimum atomic E-state index is 0.470. The van der Waals surface area contributed by atoms with E-state index in [-0.39, 0.29) is 0 Å². The molecule has 1 heterocycles. The third kappa shape index (κ3) is 3.89. The van der Waals surface area contributed by atoms with Gasteiger partial charge in [-0.15, -0.1) is 0 Å². The average molecular weight is 285 g/mol. The van der Waals surface area contributed by atoms with Crippen molar-refractivity contribution in [1.29, 1.82) is 0 Å². The maximum Gasteiger partial charge on any atom is 0.0309 e. The lowest BCUT2D eigenvalue weighted by Gasteiger charge is -2.49. The van der Waals surface area contributed by atoms with Crippen molar-refractivity contribution >= 4 is 11.8 Å². The van der Waals surface area contributed by atoms with Crippen molar-refractivity contribution in [2.45, 2.75) is 76.9 Å². The highest BCUT2D eigenvalue weighted by molar-refractivity contribution is 7.99. The van der Waals surface area contributed by atoms with Crippen LogP contribution in [0.25, 0.3) is 0 Å². The minimum absolute atomic E-state index is 0.470. The molecular weight excluding hydrogens is 252 g/mol. The summed E-state index contributed by atoms with van der Waals surface area (Å²) in [5, 5.41) is 3.90. The Labute approximate surface area is 124 Å². The number of nitrogens with one attached hydrogen (secondary N) is 1. The zero-order valence-corrected chi connectivity index (χ0v) is 13.9. The number of hydrogen-bond acceptors (Lipinski definition) is 3. The van der Waals surface area contributed by atoms with E-state index < -0.39 is 0 Å². The zero-order valence-electron chi connectivity index (χ0n) is 13.1. The molecule has 2 rings (SSSR count). The highest BCUT2D eigenvalue weighted by Gasteiger charge is 2.41. The largest absolute Gasteiger partial charge is 0.308 e. The van der Waals surface area contributed by atoms with E-state index >= 15 is 0 Å². The molecule has 1 aliphatic heterocycles. The first-order valence-corrected chi connectivity index (χ1v) is 9.45. The van der Waals surface area contributed by atoms with Crippen molar-refractivity contribution in [3.05, 3.63) is 0 Å². The summed E-state index contributed by atoms with van der Waals surface area (Å²) >= 11 is 2.09. The monoisotopic (exact) mass is 284 g/mol. The molecule has 2 nitrogen and oxygen atoms in total. The summed E-state index contributed by atoms with van der Waals surface area (Å²) < 4.78 is 0. The van der Waals surface area contributed by atoms with E-state index in [1.807, 2.05) is 0 Å². The van der Waals surface area contributed by atoms with Gasteiger partial charge in [0.1, 0.15) is 0 Å². The van der Waals surface area contributed by atoms with E-state index in [4.69, 9.17) is 0 Å². The maximum atomic E-state index is 3.90. The Morgan fingerprint density at radius 1 is 1.32 bits per heavy atom.